The Labute approximate surface area is 136 Å². The lowest BCUT2D eigenvalue weighted by atomic mass is 10.2. The van der Waals surface area contributed by atoms with E-state index in [4.69, 9.17) is 11.6 Å². The topological polar surface area (TPSA) is 48.5 Å². The quantitative estimate of drug-likeness (QED) is 0.744. The van der Waals surface area contributed by atoms with Gasteiger partial charge in [0.05, 0.1) is 26.3 Å². The number of anilines is 1. The smallest absolute Gasteiger partial charge is 0.223 e. The first-order chi connectivity index (χ1) is 10.4. The van der Waals surface area contributed by atoms with Crippen LogP contribution in [0.5, 0.6) is 0 Å². The van der Waals surface area contributed by atoms with Gasteiger partial charge in [-0.3, -0.25) is 9.79 Å². The largest absolute Gasteiger partial charge is 0.376 e. The van der Waals surface area contributed by atoms with Gasteiger partial charge in [0.15, 0.2) is 0 Å². The molecular weight excluding hydrogens is 318 g/mol. The highest BCUT2D eigenvalue weighted by Gasteiger charge is 2.10. The van der Waals surface area contributed by atoms with Crippen LogP contribution in [0.3, 0.4) is 0 Å². The number of halogens is 1. The van der Waals surface area contributed by atoms with Crippen molar-refractivity contribution in [1.29, 1.82) is 0 Å². The zero-order valence-corrected chi connectivity index (χ0v) is 14.4. The summed E-state index contributed by atoms with van der Waals surface area (Å²) in [5.41, 5.74) is 2.68. The van der Waals surface area contributed by atoms with Gasteiger partial charge in [0, 0.05) is 21.1 Å². The predicted molar refractivity (Wildman–Crippen MR) is 93.3 cm³/mol. The third-order valence-electron chi connectivity index (χ3n) is 3.66. The lowest BCUT2D eigenvalue weighted by Gasteiger charge is -2.15. The molecule has 6 heteroatoms. The second kappa shape index (κ2) is 5.41. The van der Waals surface area contributed by atoms with Crippen molar-refractivity contribution >= 4 is 38.8 Å². The number of fused-ring (bicyclic) bond motifs is 1. The van der Waals surface area contributed by atoms with E-state index < -0.39 is 0 Å². The number of aryl methyl sites for hydroxylation is 1. The van der Waals surface area contributed by atoms with E-state index >= 15 is 0 Å². The summed E-state index contributed by atoms with van der Waals surface area (Å²) in [6.45, 7) is 1.90. The molecule has 2 aliphatic rings. The van der Waals surface area contributed by atoms with Gasteiger partial charge in [-0.15, -0.1) is 11.3 Å². The summed E-state index contributed by atoms with van der Waals surface area (Å²) in [6.07, 6.45) is 0. The fourth-order valence-corrected chi connectivity index (χ4v) is 4.05. The van der Waals surface area contributed by atoms with E-state index in [-0.39, 0.29) is 5.43 Å². The molecule has 0 bridgehead atoms. The highest BCUT2D eigenvalue weighted by Crippen LogP contribution is 2.34. The van der Waals surface area contributed by atoms with Crippen LogP contribution < -0.4 is 15.7 Å². The fraction of sp³-hybridized carbons (Fsp3) is 0.250. The Morgan fingerprint density at radius 1 is 1.32 bits per heavy atom. The van der Waals surface area contributed by atoms with Crippen molar-refractivity contribution in [3.8, 4) is 0 Å². The first-order valence-electron chi connectivity index (χ1n) is 6.83. The van der Waals surface area contributed by atoms with Crippen LogP contribution in [0.2, 0.25) is 5.02 Å². The number of aromatic amines is 1. The van der Waals surface area contributed by atoms with Gasteiger partial charge in [-0.1, -0.05) is 11.6 Å². The van der Waals surface area contributed by atoms with E-state index in [9.17, 15) is 4.79 Å². The number of benzene rings is 1. The number of rotatable bonds is 1. The molecule has 1 aromatic carbocycles. The third-order valence-corrected chi connectivity index (χ3v) is 5.39. The van der Waals surface area contributed by atoms with E-state index in [0.29, 0.717) is 14.9 Å². The molecule has 0 atom stereocenters. The summed E-state index contributed by atoms with van der Waals surface area (Å²) >= 11 is 7.93. The lowest BCUT2D eigenvalue weighted by molar-refractivity contribution is 1.13. The number of nitrogens with zero attached hydrogens (tertiary/aromatic N) is 2. The first-order valence-corrected chi connectivity index (χ1v) is 8.02. The van der Waals surface area contributed by atoms with E-state index in [1.165, 1.54) is 11.3 Å². The van der Waals surface area contributed by atoms with E-state index in [2.05, 4.69) is 9.98 Å². The van der Waals surface area contributed by atoms with Crippen molar-refractivity contribution in [2.45, 2.75) is 6.92 Å². The van der Waals surface area contributed by atoms with Gasteiger partial charge >= 0.3 is 0 Å². The number of aromatic nitrogens is 1. The summed E-state index contributed by atoms with van der Waals surface area (Å²) < 4.78 is 1.53. The van der Waals surface area contributed by atoms with Crippen LogP contribution in [0, 0.1) is 16.8 Å². The molecule has 3 rings (SSSR count). The Hall–Kier alpha value is -1.85. The zero-order chi connectivity index (χ0) is 16.0. The highest BCUT2D eigenvalue weighted by molar-refractivity contribution is 7.17. The molecule has 1 heterocycles. The number of hydrogen-bond acceptors (Lipinski definition) is 4. The van der Waals surface area contributed by atoms with Crippen LogP contribution in [0.1, 0.15) is 5.56 Å². The molecule has 0 saturated heterocycles. The molecule has 114 valence electrons. The second-order valence-electron chi connectivity index (χ2n) is 5.37. The van der Waals surface area contributed by atoms with Crippen molar-refractivity contribution in [3.05, 3.63) is 54.2 Å². The van der Waals surface area contributed by atoms with Crippen molar-refractivity contribution in [2.75, 3.05) is 26.0 Å². The Morgan fingerprint density at radius 3 is 2.68 bits per heavy atom. The molecule has 4 nitrogen and oxygen atoms in total. The standard InChI is InChI=1S/C16H16ClN3OS/c1-8-7-10-16(14(21)13(8)18-2)22-15-9(19-10)5-6-11(12(15)17)20(3)4/h5-7,19H,1-4H3. The second-order valence-corrected chi connectivity index (χ2v) is 6.77. The summed E-state index contributed by atoms with van der Waals surface area (Å²) in [5, 5.41) is 1.98. The number of nitrogens with one attached hydrogen (secondary N) is 1. The van der Waals surface area contributed by atoms with Gasteiger partial charge in [-0.2, -0.15) is 0 Å². The molecule has 1 aliphatic carbocycles. The van der Waals surface area contributed by atoms with Gasteiger partial charge in [0.2, 0.25) is 5.43 Å². The molecule has 0 unspecified atom stereocenters. The number of H-pyrrole nitrogens is 1. The minimum Gasteiger partial charge on any atom is -0.376 e. The summed E-state index contributed by atoms with van der Waals surface area (Å²) in [4.78, 5) is 22.0. The summed E-state index contributed by atoms with van der Waals surface area (Å²) in [7, 11) is 5.53. The summed E-state index contributed by atoms with van der Waals surface area (Å²) in [5.74, 6) is 0. The summed E-state index contributed by atoms with van der Waals surface area (Å²) in [6, 6.07) is 5.92. The molecule has 0 radical (unpaired) electrons. The average molecular weight is 334 g/mol. The van der Waals surface area contributed by atoms with Crippen molar-refractivity contribution < 1.29 is 0 Å². The van der Waals surface area contributed by atoms with Crippen molar-refractivity contribution in [3.63, 3.8) is 0 Å². The lowest BCUT2D eigenvalue weighted by Crippen LogP contribution is -2.28. The molecule has 1 aliphatic heterocycles. The Balaban J connectivity index is 2.56. The SMILES string of the molecule is CN=c1c(C)cc2[nH]c3ccc(N(C)C)c(Cl)c3sc=2c1=O. The Bertz CT molecular complexity index is 1070. The third kappa shape index (κ3) is 2.21. The van der Waals surface area contributed by atoms with E-state index in [1.54, 1.807) is 7.05 Å². The predicted octanol–water partition coefficient (Wildman–Crippen LogP) is 2.87. The molecule has 0 amide bonds. The molecule has 0 saturated carbocycles. The van der Waals surface area contributed by atoms with Crippen LogP contribution >= 0.6 is 22.9 Å². The van der Waals surface area contributed by atoms with Crippen LogP contribution in [0.4, 0.5) is 5.69 Å². The van der Waals surface area contributed by atoms with E-state index in [0.717, 1.165) is 26.8 Å². The molecular formula is C16H16ClN3OS. The van der Waals surface area contributed by atoms with Crippen molar-refractivity contribution in [2.24, 2.45) is 4.99 Å². The minimum absolute atomic E-state index is 0.0491. The normalized spacial score (nSPS) is 12.3. The molecule has 0 spiro atoms. The maximum atomic E-state index is 12.6. The first kappa shape index (κ1) is 15.1. The van der Waals surface area contributed by atoms with Gasteiger partial charge in [-0.05, 0) is 30.7 Å². The molecule has 1 N–H and O–H groups in total. The molecule has 0 aromatic heterocycles. The minimum atomic E-state index is -0.0491. The van der Waals surface area contributed by atoms with Gasteiger partial charge < -0.3 is 9.88 Å². The van der Waals surface area contributed by atoms with Gasteiger partial charge in [-0.25, -0.2) is 0 Å². The highest BCUT2D eigenvalue weighted by atomic mass is 35.5. The monoisotopic (exact) mass is 333 g/mol. The van der Waals surface area contributed by atoms with Crippen LogP contribution in [-0.2, 0) is 0 Å². The fourth-order valence-electron chi connectivity index (χ4n) is 2.57. The zero-order valence-electron chi connectivity index (χ0n) is 12.8. The van der Waals surface area contributed by atoms with Gasteiger partial charge in [0.1, 0.15) is 9.89 Å². The van der Waals surface area contributed by atoms with Crippen LogP contribution in [-0.4, -0.2) is 26.1 Å². The average Bonchev–Trinajstić information content (AvgIpc) is 2.46. The molecule has 0 fully saturated rings. The van der Waals surface area contributed by atoms with Crippen molar-refractivity contribution in [1.82, 2.24) is 4.98 Å². The maximum absolute atomic E-state index is 12.6. The number of hydrogen-bond donors (Lipinski definition) is 1. The van der Waals surface area contributed by atoms with E-state index in [1.807, 2.05) is 44.1 Å². The molecule has 22 heavy (non-hydrogen) atoms. The Morgan fingerprint density at radius 2 is 2.05 bits per heavy atom. The van der Waals surface area contributed by atoms with Crippen LogP contribution in [0.25, 0.3) is 10.2 Å². The van der Waals surface area contributed by atoms with Crippen LogP contribution in [0.15, 0.2) is 28.0 Å². The Kier molecular flexibility index (Phi) is 3.70. The maximum Gasteiger partial charge on any atom is 0.223 e. The van der Waals surface area contributed by atoms with Gasteiger partial charge in [0.25, 0.3) is 0 Å². The molecule has 1 aromatic rings.